The third-order valence-corrected chi connectivity index (χ3v) is 9.19. The van der Waals surface area contributed by atoms with Crippen molar-refractivity contribution in [1.82, 2.24) is 0 Å². The fourth-order valence-electron chi connectivity index (χ4n) is 6.97. The zero-order valence-electron chi connectivity index (χ0n) is 25.7. The molecule has 6 rings (SSSR count). The average Bonchev–Trinajstić information content (AvgIpc) is 2.88. The van der Waals surface area contributed by atoms with E-state index in [1.807, 2.05) is 24.3 Å². The van der Waals surface area contributed by atoms with Crippen LogP contribution in [0.15, 0.2) is 24.3 Å². The first kappa shape index (κ1) is 32.2. The van der Waals surface area contributed by atoms with Gasteiger partial charge in [0.25, 0.3) is 0 Å². The van der Waals surface area contributed by atoms with Gasteiger partial charge in [0.2, 0.25) is 0 Å². The first-order valence-corrected chi connectivity index (χ1v) is 16.3. The Morgan fingerprint density at radius 3 is 1.20 bits per heavy atom. The van der Waals surface area contributed by atoms with Crippen LogP contribution in [0.2, 0.25) is 0 Å². The third-order valence-electron chi connectivity index (χ3n) is 9.19. The molecule has 40 heavy (non-hydrogen) atoms. The highest BCUT2D eigenvalue weighted by Crippen LogP contribution is 2.43. The van der Waals surface area contributed by atoms with E-state index in [0.717, 1.165) is 125 Å². The molecule has 0 unspecified atom stereocenters. The van der Waals surface area contributed by atoms with Crippen LogP contribution in [-0.2, 0) is 12.8 Å². The maximum atomic E-state index is 11.0. The second kappa shape index (κ2) is 16.2. The lowest BCUT2D eigenvalue weighted by atomic mass is 9.84. The molecule has 4 aliphatic rings. The van der Waals surface area contributed by atoms with E-state index in [1.165, 1.54) is 0 Å². The van der Waals surface area contributed by atoms with Gasteiger partial charge in [0.1, 0.15) is 23.0 Å². The van der Waals surface area contributed by atoms with Gasteiger partial charge < -0.3 is 20.4 Å². The number of hydrogen-bond acceptors (Lipinski definition) is 4. The first-order chi connectivity index (χ1) is 19.2. The van der Waals surface area contributed by atoms with Crippen molar-refractivity contribution in [3.8, 4) is 23.0 Å². The van der Waals surface area contributed by atoms with Crippen molar-refractivity contribution in [2.24, 2.45) is 11.8 Å². The van der Waals surface area contributed by atoms with E-state index in [-0.39, 0.29) is 34.8 Å². The highest BCUT2D eigenvalue weighted by Gasteiger charge is 2.23. The molecule has 4 N–H and O–H groups in total. The van der Waals surface area contributed by atoms with Crippen molar-refractivity contribution in [2.45, 2.75) is 142 Å². The Kier molecular flexibility index (Phi) is 13.0. The van der Waals surface area contributed by atoms with Crippen LogP contribution in [0.1, 0.15) is 152 Å². The van der Waals surface area contributed by atoms with E-state index in [4.69, 9.17) is 0 Å². The highest BCUT2D eigenvalue weighted by atomic mass is 16.3. The quantitative estimate of drug-likeness (QED) is 0.287. The Bertz CT molecular complexity index is 916. The van der Waals surface area contributed by atoms with Crippen molar-refractivity contribution in [3.63, 3.8) is 0 Å². The molecule has 4 heteroatoms. The molecule has 2 aromatic rings. The van der Waals surface area contributed by atoms with Crippen molar-refractivity contribution in [2.75, 3.05) is 0 Å². The summed E-state index contributed by atoms with van der Waals surface area (Å²) in [6.45, 7) is 8.87. The average molecular weight is 553 g/mol. The van der Waals surface area contributed by atoms with Crippen LogP contribution in [0, 0.1) is 11.8 Å². The molecule has 2 aromatic carbocycles. The summed E-state index contributed by atoms with van der Waals surface area (Å²) in [5.41, 5.74) is 3.49. The van der Waals surface area contributed by atoms with Crippen LogP contribution in [0.3, 0.4) is 0 Å². The molecule has 0 radical (unpaired) electrons. The summed E-state index contributed by atoms with van der Waals surface area (Å²) in [6.07, 6.45) is 16.3. The van der Waals surface area contributed by atoms with E-state index in [2.05, 4.69) is 27.7 Å². The number of phenols is 4. The number of aromatic hydroxyl groups is 4. The summed E-state index contributed by atoms with van der Waals surface area (Å²) in [5, 5.41) is 44.1. The highest BCUT2D eigenvalue weighted by molar-refractivity contribution is 5.50. The second-order valence-electron chi connectivity index (χ2n) is 13.0. The molecule has 0 saturated heterocycles. The predicted octanol–water partition coefficient (Wildman–Crippen LogP) is 10.2. The normalized spacial score (nSPS) is 23.5. The predicted molar refractivity (Wildman–Crippen MR) is 167 cm³/mol. The minimum atomic E-state index is 0.168. The van der Waals surface area contributed by atoms with Gasteiger partial charge in [-0.3, -0.25) is 0 Å². The molecule has 224 valence electrons. The standard InChI is InChI=1S/C36H56O4/c1-5-7-15-29-17-11-9-13-25(3)20-28-23-33(39)36(34(40)24-28)30(16-8-6-2)18-12-10-14-26(4)19-27-21-31(37)35(29)32(38)22-27/h21-26,29-30,37-40H,5-20H2,1-4H3/t25-,26-,29-,30-/m0/s1. The van der Waals surface area contributed by atoms with Crippen LogP contribution in [0.4, 0.5) is 0 Å². The van der Waals surface area contributed by atoms with Gasteiger partial charge in [-0.2, -0.15) is 0 Å². The maximum Gasteiger partial charge on any atom is 0.123 e. The second-order valence-corrected chi connectivity index (χ2v) is 13.0. The Morgan fingerprint density at radius 1 is 0.550 bits per heavy atom. The molecule has 0 amide bonds. The fraction of sp³-hybridized carbons (Fsp3) is 0.667. The van der Waals surface area contributed by atoms with Crippen molar-refractivity contribution >= 4 is 0 Å². The largest absolute Gasteiger partial charge is 0.508 e. The SMILES string of the molecule is CCCC[C@H]1CCCC[C@H](C)Cc2cc(O)c(c(O)c2)[C@@H](CCCC)CCCC[C@H](C)Cc2cc(O)c1c(O)c2. The van der Waals surface area contributed by atoms with Crippen LogP contribution < -0.4 is 0 Å². The van der Waals surface area contributed by atoms with E-state index in [9.17, 15) is 20.4 Å². The molecule has 0 heterocycles. The Hall–Kier alpha value is -2.36. The van der Waals surface area contributed by atoms with Crippen LogP contribution in [0.25, 0.3) is 0 Å². The molecule has 4 atom stereocenters. The van der Waals surface area contributed by atoms with Gasteiger partial charge in [-0.1, -0.05) is 91.9 Å². The number of hydrogen-bond donors (Lipinski definition) is 4. The zero-order chi connectivity index (χ0) is 29.1. The Morgan fingerprint density at radius 2 is 0.875 bits per heavy atom. The Balaban J connectivity index is 1.84. The Labute approximate surface area is 243 Å². The van der Waals surface area contributed by atoms with E-state index >= 15 is 0 Å². The fourth-order valence-corrected chi connectivity index (χ4v) is 6.97. The summed E-state index contributed by atoms with van der Waals surface area (Å²) in [5.74, 6) is 2.27. The maximum absolute atomic E-state index is 11.0. The van der Waals surface area contributed by atoms with Crippen molar-refractivity contribution < 1.29 is 20.4 Å². The lowest BCUT2D eigenvalue weighted by Crippen LogP contribution is -2.06. The van der Waals surface area contributed by atoms with Gasteiger partial charge in [0, 0.05) is 11.1 Å². The summed E-state index contributed by atoms with van der Waals surface area (Å²) >= 11 is 0. The van der Waals surface area contributed by atoms with E-state index < -0.39 is 0 Å². The number of benzene rings is 2. The lowest BCUT2D eigenvalue weighted by molar-refractivity contribution is 0.397. The first-order valence-electron chi connectivity index (χ1n) is 16.3. The van der Waals surface area contributed by atoms with Crippen LogP contribution >= 0.6 is 0 Å². The molecule has 0 fully saturated rings. The molecule has 4 bridgehead atoms. The molecular weight excluding hydrogens is 496 g/mol. The molecule has 0 spiro atoms. The van der Waals surface area contributed by atoms with Gasteiger partial charge in [-0.05, 0) is 97.6 Å². The molecule has 4 aliphatic carbocycles. The number of rotatable bonds is 6. The van der Waals surface area contributed by atoms with Gasteiger partial charge >= 0.3 is 0 Å². The van der Waals surface area contributed by atoms with E-state index in [1.54, 1.807) is 0 Å². The molecule has 4 nitrogen and oxygen atoms in total. The van der Waals surface area contributed by atoms with Gasteiger partial charge in [-0.25, -0.2) is 0 Å². The van der Waals surface area contributed by atoms with E-state index in [0.29, 0.717) is 11.8 Å². The van der Waals surface area contributed by atoms with Gasteiger partial charge in [0.15, 0.2) is 0 Å². The number of unbranched alkanes of at least 4 members (excludes halogenated alkanes) is 2. The lowest BCUT2D eigenvalue weighted by Gasteiger charge is -2.23. The third kappa shape index (κ3) is 9.35. The topological polar surface area (TPSA) is 80.9 Å². The monoisotopic (exact) mass is 552 g/mol. The summed E-state index contributed by atoms with van der Waals surface area (Å²) in [6, 6.07) is 7.59. The number of phenolic OH excluding ortho intramolecular Hbond substituents is 4. The zero-order valence-corrected chi connectivity index (χ0v) is 25.7. The summed E-state index contributed by atoms with van der Waals surface area (Å²) in [7, 11) is 0. The molecular formula is C36H56O4. The van der Waals surface area contributed by atoms with Crippen molar-refractivity contribution in [1.29, 1.82) is 0 Å². The summed E-state index contributed by atoms with van der Waals surface area (Å²) in [4.78, 5) is 0. The van der Waals surface area contributed by atoms with Crippen LogP contribution in [0.5, 0.6) is 23.0 Å². The minimum absolute atomic E-state index is 0.168. The van der Waals surface area contributed by atoms with Crippen LogP contribution in [-0.4, -0.2) is 20.4 Å². The minimum Gasteiger partial charge on any atom is -0.508 e. The molecule has 0 saturated carbocycles. The smallest absolute Gasteiger partial charge is 0.123 e. The summed E-state index contributed by atoms with van der Waals surface area (Å²) < 4.78 is 0. The van der Waals surface area contributed by atoms with Crippen molar-refractivity contribution in [3.05, 3.63) is 46.5 Å². The van der Waals surface area contributed by atoms with Gasteiger partial charge in [-0.15, -0.1) is 0 Å². The molecule has 0 aromatic heterocycles. The molecule has 0 aliphatic heterocycles. The van der Waals surface area contributed by atoms with Gasteiger partial charge in [0.05, 0.1) is 0 Å².